The van der Waals surface area contributed by atoms with Gasteiger partial charge in [-0.15, -0.1) is 0 Å². The van der Waals surface area contributed by atoms with Crippen LogP contribution < -0.4 is 4.72 Å². The van der Waals surface area contributed by atoms with Crippen molar-refractivity contribution in [2.75, 3.05) is 5.75 Å². The molecular weight excluding hydrogens is 170 g/mol. The maximum Gasteiger partial charge on any atom is 0.0920 e. The third kappa shape index (κ3) is 3.68. The normalized spacial score (nSPS) is 21.9. The first-order valence-electron chi connectivity index (χ1n) is 4.83. The van der Waals surface area contributed by atoms with Crippen molar-refractivity contribution in [1.82, 2.24) is 4.72 Å². The van der Waals surface area contributed by atoms with Crippen LogP contribution in [0.25, 0.3) is 0 Å². The van der Waals surface area contributed by atoms with Crippen LogP contribution in [0, 0.1) is 5.92 Å². The van der Waals surface area contributed by atoms with E-state index in [0.717, 1.165) is 11.7 Å². The zero-order chi connectivity index (χ0) is 8.97. The maximum atomic E-state index is 11.4. The minimum absolute atomic E-state index is 0.340. The molecule has 0 aromatic rings. The van der Waals surface area contributed by atoms with E-state index in [9.17, 15) is 4.21 Å². The molecule has 1 aliphatic rings. The summed E-state index contributed by atoms with van der Waals surface area (Å²) in [5.74, 6) is 1.58. The van der Waals surface area contributed by atoms with Gasteiger partial charge in [0.05, 0.1) is 11.0 Å². The highest BCUT2D eigenvalue weighted by atomic mass is 32.2. The largest absolute Gasteiger partial charge is 0.243 e. The van der Waals surface area contributed by atoms with Crippen LogP contribution in [0.3, 0.4) is 0 Å². The summed E-state index contributed by atoms with van der Waals surface area (Å²) in [5, 5.41) is 0. The SMILES string of the molecule is CC(C)NS(=O)CC1CCCC1. The van der Waals surface area contributed by atoms with Crippen molar-refractivity contribution in [1.29, 1.82) is 0 Å². The second-order valence-electron chi connectivity index (χ2n) is 3.94. The Morgan fingerprint density at radius 3 is 2.50 bits per heavy atom. The van der Waals surface area contributed by atoms with Gasteiger partial charge in [0.25, 0.3) is 0 Å². The Bertz CT molecular complexity index is 153. The average molecular weight is 189 g/mol. The highest BCUT2D eigenvalue weighted by Gasteiger charge is 2.17. The van der Waals surface area contributed by atoms with Gasteiger partial charge in [-0.1, -0.05) is 12.8 Å². The standard InChI is InChI=1S/C9H19NOS/c1-8(2)10-12(11)7-9-5-3-4-6-9/h8-10H,3-7H2,1-2H3. The first kappa shape index (κ1) is 10.2. The summed E-state index contributed by atoms with van der Waals surface area (Å²) in [6.45, 7) is 4.07. The molecule has 0 heterocycles. The Hall–Kier alpha value is 0.110. The Labute approximate surface area is 77.7 Å². The van der Waals surface area contributed by atoms with E-state index < -0.39 is 11.0 Å². The van der Waals surface area contributed by atoms with E-state index in [2.05, 4.69) is 4.72 Å². The number of hydrogen-bond donors (Lipinski definition) is 1. The summed E-state index contributed by atoms with van der Waals surface area (Å²) in [5.41, 5.74) is 0. The van der Waals surface area contributed by atoms with Crippen LogP contribution >= 0.6 is 0 Å². The first-order valence-corrected chi connectivity index (χ1v) is 6.15. The molecular formula is C9H19NOS. The summed E-state index contributed by atoms with van der Waals surface area (Å²) in [6, 6.07) is 0.340. The fourth-order valence-corrected chi connectivity index (χ4v) is 3.09. The molecule has 1 atom stereocenters. The van der Waals surface area contributed by atoms with Crippen LogP contribution in [0.5, 0.6) is 0 Å². The van der Waals surface area contributed by atoms with E-state index in [-0.39, 0.29) is 0 Å². The molecule has 0 bridgehead atoms. The Morgan fingerprint density at radius 2 is 2.00 bits per heavy atom. The Kier molecular flexibility index (Phi) is 4.22. The Balaban J connectivity index is 2.16. The molecule has 1 rings (SSSR count). The highest BCUT2D eigenvalue weighted by Crippen LogP contribution is 2.24. The van der Waals surface area contributed by atoms with Crippen LogP contribution in [-0.4, -0.2) is 16.0 Å². The van der Waals surface area contributed by atoms with Crippen LogP contribution in [0.1, 0.15) is 39.5 Å². The average Bonchev–Trinajstić information content (AvgIpc) is 2.37. The summed E-state index contributed by atoms with van der Waals surface area (Å²) in [7, 11) is -0.790. The summed E-state index contributed by atoms with van der Waals surface area (Å²) >= 11 is 0. The molecule has 72 valence electrons. The van der Waals surface area contributed by atoms with E-state index in [1.807, 2.05) is 13.8 Å². The van der Waals surface area contributed by atoms with Gasteiger partial charge in [-0.2, -0.15) is 0 Å². The lowest BCUT2D eigenvalue weighted by Gasteiger charge is -2.11. The van der Waals surface area contributed by atoms with Gasteiger partial charge in [-0.25, -0.2) is 8.93 Å². The molecule has 1 fully saturated rings. The molecule has 0 aromatic heterocycles. The fourth-order valence-electron chi connectivity index (χ4n) is 1.70. The summed E-state index contributed by atoms with van der Waals surface area (Å²) in [4.78, 5) is 0. The number of rotatable bonds is 4. The molecule has 12 heavy (non-hydrogen) atoms. The number of nitrogens with one attached hydrogen (secondary N) is 1. The van der Waals surface area contributed by atoms with Gasteiger partial charge in [-0.3, -0.25) is 0 Å². The molecule has 1 N–H and O–H groups in total. The minimum Gasteiger partial charge on any atom is -0.243 e. The number of hydrogen-bond acceptors (Lipinski definition) is 1. The van der Waals surface area contributed by atoms with E-state index >= 15 is 0 Å². The monoisotopic (exact) mass is 189 g/mol. The minimum atomic E-state index is -0.790. The van der Waals surface area contributed by atoms with E-state index in [0.29, 0.717) is 6.04 Å². The van der Waals surface area contributed by atoms with Crippen molar-refractivity contribution >= 4 is 11.0 Å². The van der Waals surface area contributed by atoms with Crippen molar-refractivity contribution in [3.63, 3.8) is 0 Å². The molecule has 0 spiro atoms. The van der Waals surface area contributed by atoms with E-state index in [4.69, 9.17) is 0 Å². The molecule has 0 saturated heterocycles. The zero-order valence-corrected chi connectivity index (χ0v) is 8.82. The molecule has 1 aliphatic carbocycles. The van der Waals surface area contributed by atoms with Crippen LogP contribution in [0.4, 0.5) is 0 Å². The van der Waals surface area contributed by atoms with Gasteiger partial charge in [-0.05, 0) is 32.6 Å². The van der Waals surface area contributed by atoms with Gasteiger partial charge in [0.2, 0.25) is 0 Å². The molecule has 0 aromatic carbocycles. The van der Waals surface area contributed by atoms with Crippen LogP contribution in [-0.2, 0) is 11.0 Å². The van der Waals surface area contributed by atoms with Crippen LogP contribution in [0.2, 0.25) is 0 Å². The van der Waals surface area contributed by atoms with Crippen molar-refractivity contribution in [3.05, 3.63) is 0 Å². The third-order valence-corrected chi connectivity index (χ3v) is 3.74. The second kappa shape index (κ2) is 4.97. The fraction of sp³-hybridized carbons (Fsp3) is 1.00. The highest BCUT2D eigenvalue weighted by molar-refractivity contribution is 7.83. The maximum absolute atomic E-state index is 11.4. The Morgan fingerprint density at radius 1 is 1.42 bits per heavy atom. The van der Waals surface area contributed by atoms with Crippen LogP contribution in [0.15, 0.2) is 0 Å². The predicted molar refractivity (Wildman–Crippen MR) is 53.2 cm³/mol. The third-order valence-electron chi connectivity index (χ3n) is 2.23. The van der Waals surface area contributed by atoms with Crippen molar-refractivity contribution in [2.45, 2.75) is 45.6 Å². The zero-order valence-electron chi connectivity index (χ0n) is 8.01. The van der Waals surface area contributed by atoms with Gasteiger partial charge in [0.1, 0.15) is 0 Å². The van der Waals surface area contributed by atoms with Crippen molar-refractivity contribution < 1.29 is 4.21 Å². The van der Waals surface area contributed by atoms with E-state index in [1.165, 1.54) is 25.7 Å². The predicted octanol–water partition coefficient (Wildman–Crippen LogP) is 1.84. The first-order chi connectivity index (χ1) is 5.68. The smallest absolute Gasteiger partial charge is 0.0920 e. The van der Waals surface area contributed by atoms with Gasteiger partial charge in [0, 0.05) is 11.8 Å². The molecule has 3 heteroatoms. The summed E-state index contributed by atoms with van der Waals surface area (Å²) < 4.78 is 14.5. The lowest BCUT2D eigenvalue weighted by Crippen LogP contribution is -2.28. The lowest BCUT2D eigenvalue weighted by molar-refractivity contribution is 0.593. The quantitative estimate of drug-likeness (QED) is 0.718. The van der Waals surface area contributed by atoms with Crippen molar-refractivity contribution in [3.8, 4) is 0 Å². The lowest BCUT2D eigenvalue weighted by atomic mass is 10.1. The molecule has 1 unspecified atom stereocenters. The van der Waals surface area contributed by atoms with E-state index in [1.54, 1.807) is 0 Å². The topological polar surface area (TPSA) is 29.1 Å². The van der Waals surface area contributed by atoms with Gasteiger partial charge < -0.3 is 0 Å². The molecule has 1 saturated carbocycles. The molecule has 2 nitrogen and oxygen atoms in total. The molecule has 0 aliphatic heterocycles. The molecule has 0 radical (unpaired) electrons. The molecule has 0 amide bonds. The summed E-state index contributed by atoms with van der Waals surface area (Å²) in [6.07, 6.45) is 5.24. The van der Waals surface area contributed by atoms with Gasteiger partial charge >= 0.3 is 0 Å². The van der Waals surface area contributed by atoms with Gasteiger partial charge in [0.15, 0.2) is 0 Å². The second-order valence-corrected chi connectivity index (χ2v) is 5.20. The van der Waals surface area contributed by atoms with Crippen molar-refractivity contribution in [2.24, 2.45) is 5.92 Å².